The maximum absolute atomic E-state index is 12.5. The number of rotatable bonds is 8. The molecule has 23 heavy (non-hydrogen) atoms. The van der Waals surface area contributed by atoms with Crippen molar-refractivity contribution in [2.75, 3.05) is 13.3 Å². The Kier molecular flexibility index (Phi) is 5.82. The van der Waals surface area contributed by atoms with Crippen molar-refractivity contribution in [3.8, 4) is 0 Å². The molecule has 0 spiro atoms. The molecule has 1 aliphatic rings. The van der Waals surface area contributed by atoms with Crippen LogP contribution in [0.15, 0.2) is 30.3 Å². The molecule has 0 bridgehead atoms. The number of carbonyl (C=O) groups is 1. The summed E-state index contributed by atoms with van der Waals surface area (Å²) in [5, 5.41) is 8.97. The van der Waals surface area contributed by atoms with Crippen LogP contribution in [0.3, 0.4) is 0 Å². The van der Waals surface area contributed by atoms with Crippen LogP contribution in [-0.4, -0.2) is 41.4 Å². The van der Waals surface area contributed by atoms with Gasteiger partial charge >= 0.3 is 5.97 Å². The van der Waals surface area contributed by atoms with Crippen LogP contribution in [0.25, 0.3) is 0 Å². The highest BCUT2D eigenvalue weighted by atomic mass is 16.6. The van der Waals surface area contributed by atoms with Crippen LogP contribution in [0.4, 0.5) is 0 Å². The number of hydrogen-bond donors (Lipinski definition) is 1. The average Bonchev–Trinajstić information content (AvgIpc) is 3.23. The van der Waals surface area contributed by atoms with Crippen molar-refractivity contribution in [2.45, 2.75) is 58.0 Å². The van der Waals surface area contributed by atoms with Crippen molar-refractivity contribution in [2.24, 2.45) is 5.92 Å². The van der Waals surface area contributed by atoms with Gasteiger partial charge in [-0.15, -0.1) is 0 Å². The molecule has 2 atom stereocenters. The van der Waals surface area contributed by atoms with Gasteiger partial charge in [0, 0.05) is 12.1 Å². The minimum atomic E-state index is -0.566. The number of aliphatic hydroxyl groups excluding tert-OH is 1. The minimum absolute atomic E-state index is 0.281. The molecule has 0 amide bonds. The summed E-state index contributed by atoms with van der Waals surface area (Å²) in [6.07, 6.45) is 1.77. The first kappa shape index (κ1) is 18.0. The third-order valence-electron chi connectivity index (χ3n) is 5.02. The smallest absolute Gasteiger partial charge is 0.318 e. The highest BCUT2D eigenvalue weighted by molar-refractivity contribution is 5.87. The molecule has 0 saturated heterocycles. The van der Waals surface area contributed by atoms with E-state index in [2.05, 4.69) is 32.6 Å². The molecule has 128 valence electrons. The Balaban J connectivity index is 2.10. The Hall–Kier alpha value is -1.39. The fraction of sp³-hybridized carbons (Fsp3) is 0.632. The Bertz CT molecular complexity index is 507. The molecule has 1 aromatic rings. The highest BCUT2D eigenvalue weighted by Crippen LogP contribution is 2.57. The molecular weight excluding hydrogens is 290 g/mol. The van der Waals surface area contributed by atoms with E-state index in [-0.39, 0.29) is 11.9 Å². The van der Waals surface area contributed by atoms with Gasteiger partial charge in [-0.25, -0.2) is 0 Å². The van der Waals surface area contributed by atoms with Gasteiger partial charge in [0.1, 0.15) is 0 Å². The summed E-state index contributed by atoms with van der Waals surface area (Å²) < 4.78 is 4.96. The van der Waals surface area contributed by atoms with Crippen molar-refractivity contribution < 1.29 is 14.6 Å². The van der Waals surface area contributed by atoms with E-state index in [9.17, 15) is 4.79 Å². The second-order valence-electron chi connectivity index (χ2n) is 7.01. The molecule has 1 fully saturated rings. The van der Waals surface area contributed by atoms with Gasteiger partial charge in [-0.05, 0) is 58.6 Å². The van der Waals surface area contributed by atoms with E-state index in [1.54, 1.807) is 0 Å². The van der Waals surface area contributed by atoms with Crippen LogP contribution in [0.1, 0.15) is 46.1 Å². The van der Waals surface area contributed by atoms with Crippen molar-refractivity contribution in [3.63, 3.8) is 0 Å². The Morgan fingerprint density at radius 3 is 2.39 bits per heavy atom. The zero-order valence-corrected chi connectivity index (χ0v) is 14.7. The molecule has 1 aliphatic carbocycles. The largest absolute Gasteiger partial charge is 0.438 e. The average molecular weight is 319 g/mol. The van der Waals surface area contributed by atoms with Crippen LogP contribution < -0.4 is 0 Å². The standard InChI is InChI=1S/C19H29NO3/c1-14(2)20(15(3)4)11-10-17-12-19(17,18(22)23-13-21)16-8-6-5-7-9-16/h5-9,14-15,17,21H,10-13H2,1-4H3/t17-,19+/m1/s1. The predicted molar refractivity (Wildman–Crippen MR) is 91.0 cm³/mol. The number of nitrogens with zero attached hydrogens (tertiary/aromatic N) is 1. The highest BCUT2D eigenvalue weighted by Gasteiger charge is 2.61. The number of carbonyl (C=O) groups excluding carboxylic acids is 1. The quantitative estimate of drug-likeness (QED) is 0.591. The van der Waals surface area contributed by atoms with Crippen molar-refractivity contribution >= 4 is 5.97 Å². The van der Waals surface area contributed by atoms with E-state index in [1.807, 2.05) is 30.3 Å². The van der Waals surface area contributed by atoms with Gasteiger partial charge in [0.15, 0.2) is 6.79 Å². The molecule has 0 radical (unpaired) electrons. The Morgan fingerprint density at radius 2 is 1.87 bits per heavy atom. The lowest BCUT2D eigenvalue weighted by atomic mass is 9.92. The SMILES string of the molecule is CC(C)N(CC[C@@H]1C[C@]1(C(=O)OCO)c1ccccc1)C(C)C. The third-order valence-corrected chi connectivity index (χ3v) is 5.02. The Labute approximate surface area is 139 Å². The molecule has 1 N–H and O–H groups in total. The van der Waals surface area contributed by atoms with Crippen molar-refractivity contribution in [1.82, 2.24) is 4.90 Å². The summed E-state index contributed by atoms with van der Waals surface area (Å²) in [5.41, 5.74) is 0.438. The first-order chi connectivity index (χ1) is 10.9. The van der Waals surface area contributed by atoms with Crippen molar-refractivity contribution in [3.05, 3.63) is 35.9 Å². The number of ether oxygens (including phenoxy) is 1. The summed E-state index contributed by atoms with van der Waals surface area (Å²) in [5.74, 6) is -0.0132. The van der Waals surface area contributed by atoms with Gasteiger partial charge in [-0.1, -0.05) is 30.3 Å². The van der Waals surface area contributed by atoms with E-state index in [0.717, 1.165) is 24.9 Å². The van der Waals surface area contributed by atoms with Gasteiger partial charge in [0.25, 0.3) is 0 Å². The summed E-state index contributed by atoms with van der Waals surface area (Å²) in [6.45, 7) is 9.24. The fourth-order valence-corrected chi connectivity index (χ4v) is 3.74. The van der Waals surface area contributed by atoms with E-state index in [0.29, 0.717) is 12.1 Å². The van der Waals surface area contributed by atoms with Gasteiger partial charge in [-0.3, -0.25) is 9.69 Å². The van der Waals surface area contributed by atoms with Crippen LogP contribution in [0, 0.1) is 5.92 Å². The summed E-state index contributed by atoms with van der Waals surface area (Å²) >= 11 is 0. The van der Waals surface area contributed by atoms with Crippen LogP contribution in [0.5, 0.6) is 0 Å². The second-order valence-corrected chi connectivity index (χ2v) is 7.01. The molecule has 1 aromatic carbocycles. The minimum Gasteiger partial charge on any atom is -0.438 e. The molecule has 4 nitrogen and oxygen atoms in total. The first-order valence-electron chi connectivity index (χ1n) is 8.52. The molecule has 0 aliphatic heterocycles. The third kappa shape index (κ3) is 3.75. The summed E-state index contributed by atoms with van der Waals surface area (Å²) in [7, 11) is 0. The van der Waals surface area contributed by atoms with E-state index in [1.165, 1.54) is 0 Å². The van der Waals surface area contributed by atoms with E-state index >= 15 is 0 Å². The zero-order chi connectivity index (χ0) is 17.0. The molecule has 4 heteroatoms. The summed E-state index contributed by atoms with van der Waals surface area (Å²) in [4.78, 5) is 14.9. The lowest BCUT2D eigenvalue weighted by Crippen LogP contribution is -2.38. The number of esters is 1. The van der Waals surface area contributed by atoms with Gasteiger partial charge in [-0.2, -0.15) is 0 Å². The van der Waals surface area contributed by atoms with E-state index in [4.69, 9.17) is 9.84 Å². The monoisotopic (exact) mass is 319 g/mol. The maximum atomic E-state index is 12.5. The van der Waals surface area contributed by atoms with Crippen LogP contribution in [0.2, 0.25) is 0 Å². The summed E-state index contributed by atoms with van der Waals surface area (Å²) in [6, 6.07) is 10.8. The molecule has 0 aromatic heterocycles. The lowest BCUT2D eigenvalue weighted by molar-refractivity contribution is -0.155. The van der Waals surface area contributed by atoms with Crippen molar-refractivity contribution in [1.29, 1.82) is 0 Å². The number of hydrogen-bond acceptors (Lipinski definition) is 4. The maximum Gasteiger partial charge on any atom is 0.318 e. The molecular formula is C19H29NO3. The number of benzene rings is 1. The fourth-order valence-electron chi connectivity index (χ4n) is 3.74. The topological polar surface area (TPSA) is 49.8 Å². The van der Waals surface area contributed by atoms with Gasteiger partial charge < -0.3 is 9.84 Å². The van der Waals surface area contributed by atoms with E-state index < -0.39 is 12.2 Å². The molecule has 0 unspecified atom stereocenters. The lowest BCUT2D eigenvalue weighted by Gasteiger charge is -2.30. The van der Waals surface area contributed by atoms with Gasteiger partial charge in [0.2, 0.25) is 0 Å². The molecule has 2 rings (SSSR count). The zero-order valence-electron chi connectivity index (χ0n) is 14.7. The predicted octanol–water partition coefficient (Wildman–Crippen LogP) is 2.95. The normalized spacial score (nSPS) is 23.6. The van der Waals surface area contributed by atoms with Crippen LogP contribution in [-0.2, 0) is 14.9 Å². The molecule has 0 heterocycles. The first-order valence-corrected chi connectivity index (χ1v) is 8.52. The molecule has 1 saturated carbocycles. The second kappa shape index (κ2) is 7.45. The van der Waals surface area contributed by atoms with Crippen LogP contribution >= 0.6 is 0 Å². The van der Waals surface area contributed by atoms with Gasteiger partial charge in [0.05, 0.1) is 5.41 Å². The Morgan fingerprint density at radius 1 is 1.26 bits per heavy atom. The number of aliphatic hydroxyl groups is 1.